The fourth-order valence-electron chi connectivity index (χ4n) is 5.33. The maximum atomic E-state index is 14.7. The Morgan fingerprint density at radius 1 is 1.03 bits per heavy atom. The summed E-state index contributed by atoms with van der Waals surface area (Å²) >= 11 is 0. The van der Waals surface area contributed by atoms with Crippen LogP contribution in [0.1, 0.15) is 54.1 Å². The molecule has 1 atom stereocenters. The maximum absolute atomic E-state index is 14.7. The second kappa shape index (κ2) is 11.1. The fraction of sp³-hybridized carbons (Fsp3) is 0.333. The number of carboxylic acid groups (broad SMARTS) is 1. The van der Waals surface area contributed by atoms with E-state index in [1.54, 1.807) is 36.4 Å². The second-order valence-electron chi connectivity index (χ2n) is 9.98. The molecular formula is C30H29F3N2O4. The Bertz CT molecular complexity index is 1410. The highest BCUT2D eigenvalue weighted by molar-refractivity contribution is 6.02. The number of ether oxygens (including phenoxy) is 1. The van der Waals surface area contributed by atoms with E-state index in [1.165, 1.54) is 6.07 Å². The highest BCUT2D eigenvalue weighted by atomic mass is 19.2. The molecule has 2 aliphatic rings. The summed E-state index contributed by atoms with van der Waals surface area (Å²) in [5.74, 6) is -4.28. The summed E-state index contributed by atoms with van der Waals surface area (Å²) in [6.45, 7) is 4.26. The number of hydrogen-bond donors (Lipinski definition) is 1. The fourth-order valence-corrected chi connectivity index (χ4v) is 5.33. The molecule has 0 aliphatic carbocycles. The topological polar surface area (TPSA) is 71.4 Å². The highest BCUT2D eigenvalue weighted by Crippen LogP contribution is 2.38. The maximum Gasteiger partial charge on any atom is 0.335 e. The lowest BCUT2D eigenvalue weighted by Crippen LogP contribution is -2.31. The van der Waals surface area contributed by atoms with Gasteiger partial charge in [0.15, 0.2) is 17.5 Å². The van der Waals surface area contributed by atoms with Gasteiger partial charge in [-0.2, -0.15) is 0 Å². The number of carboxylic acids is 1. The van der Waals surface area contributed by atoms with Crippen molar-refractivity contribution in [1.29, 1.82) is 0 Å². The van der Waals surface area contributed by atoms with E-state index in [4.69, 9.17) is 14.7 Å². The van der Waals surface area contributed by atoms with Crippen LogP contribution in [0.5, 0.6) is 5.75 Å². The summed E-state index contributed by atoms with van der Waals surface area (Å²) < 4.78 is 48.1. The molecule has 9 heteroatoms. The van der Waals surface area contributed by atoms with Gasteiger partial charge in [-0.05, 0) is 79.4 Å². The van der Waals surface area contributed by atoms with Crippen molar-refractivity contribution in [3.8, 4) is 16.9 Å². The predicted molar refractivity (Wildman–Crippen MR) is 140 cm³/mol. The molecule has 0 bridgehead atoms. The molecule has 1 spiro atoms. The lowest BCUT2D eigenvalue weighted by atomic mass is 9.88. The molecule has 1 unspecified atom stereocenters. The zero-order valence-electron chi connectivity index (χ0n) is 21.6. The van der Waals surface area contributed by atoms with Crippen molar-refractivity contribution in [2.45, 2.75) is 44.8 Å². The van der Waals surface area contributed by atoms with Gasteiger partial charge in [0.2, 0.25) is 0 Å². The van der Waals surface area contributed by atoms with Gasteiger partial charge in [-0.15, -0.1) is 0 Å². The molecule has 0 aromatic heterocycles. The number of nitrogens with zero attached hydrogens (tertiary/aromatic N) is 2. The van der Waals surface area contributed by atoms with Crippen molar-refractivity contribution in [3.63, 3.8) is 0 Å². The first-order valence-corrected chi connectivity index (χ1v) is 13.0. The summed E-state index contributed by atoms with van der Waals surface area (Å²) in [5, 5.41) is 13.5. The SMILES string of the molecule is CCOc1ccc(-c2ccc(F)c(F)c2F)c(CN2CCCC3(CC2)CC(c2ccc(C(=O)O)cc2)=NO3)c1. The van der Waals surface area contributed by atoms with Crippen LogP contribution in [0.15, 0.2) is 59.8 Å². The number of aromatic carboxylic acids is 1. The van der Waals surface area contributed by atoms with Gasteiger partial charge in [-0.1, -0.05) is 23.4 Å². The van der Waals surface area contributed by atoms with Gasteiger partial charge in [-0.3, -0.25) is 4.90 Å². The number of likely N-dealkylation sites (tertiary alicyclic amines) is 1. The Labute approximate surface area is 224 Å². The van der Waals surface area contributed by atoms with Gasteiger partial charge in [0.05, 0.1) is 17.9 Å². The predicted octanol–water partition coefficient (Wildman–Crippen LogP) is 6.42. The first kappa shape index (κ1) is 26.7. The molecule has 3 aromatic carbocycles. The van der Waals surface area contributed by atoms with Crippen LogP contribution in [0.2, 0.25) is 0 Å². The normalized spacial score (nSPS) is 19.4. The third-order valence-electron chi connectivity index (χ3n) is 7.40. The first-order valence-electron chi connectivity index (χ1n) is 13.0. The molecule has 5 rings (SSSR count). The number of oxime groups is 1. The van der Waals surface area contributed by atoms with Crippen molar-refractivity contribution in [2.75, 3.05) is 19.7 Å². The van der Waals surface area contributed by atoms with Gasteiger partial charge in [0, 0.05) is 31.5 Å². The summed E-state index contributed by atoms with van der Waals surface area (Å²) in [4.78, 5) is 19.4. The van der Waals surface area contributed by atoms with E-state index in [0.29, 0.717) is 43.9 Å². The van der Waals surface area contributed by atoms with E-state index in [-0.39, 0.29) is 11.1 Å². The van der Waals surface area contributed by atoms with Crippen LogP contribution in [0.4, 0.5) is 13.2 Å². The van der Waals surface area contributed by atoms with E-state index in [9.17, 15) is 18.0 Å². The molecule has 2 aliphatic heterocycles. The van der Waals surface area contributed by atoms with E-state index in [0.717, 1.165) is 42.3 Å². The Morgan fingerprint density at radius 2 is 1.79 bits per heavy atom. The van der Waals surface area contributed by atoms with Gasteiger partial charge in [0.1, 0.15) is 11.4 Å². The zero-order valence-corrected chi connectivity index (χ0v) is 21.6. The summed E-state index contributed by atoms with van der Waals surface area (Å²) in [7, 11) is 0. The Balaban J connectivity index is 1.32. The van der Waals surface area contributed by atoms with Crippen LogP contribution in [-0.4, -0.2) is 47.0 Å². The van der Waals surface area contributed by atoms with Crippen LogP contribution in [0.3, 0.4) is 0 Å². The largest absolute Gasteiger partial charge is 0.494 e. The number of hydrogen-bond acceptors (Lipinski definition) is 5. The average molecular weight is 539 g/mol. The van der Waals surface area contributed by atoms with E-state index in [1.807, 2.05) is 13.0 Å². The van der Waals surface area contributed by atoms with E-state index in [2.05, 4.69) is 10.1 Å². The Morgan fingerprint density at radius 3 is 2.54 bits per heavy atom. The molecule has 1 N–H and O–H groups in total. The molecule has 204 valence electrons. The van der Waals surface area contributed by atoms with Crippen LogP contribution in [0.25, 0.3) is 11.1 Å². The zero-order chi connectivity index (χ0) is 27.6. The molecule has 0 saturated carbocycles. The summed E-state index contributed by atoms with van der Waals surface area (Å²) in [6, 6.07) is 14.0. The molecule has 6 nitrogen and oxygen atoms in total. The standard InChI is InChI=1S/C30H29F3N2O4/c1-2-38-22-8-9-23(24-10-11-25(31)28(33)27(24)32)21(16-22)18-35-14-3-12-30(13-15-35)17-26(34-39-30)19-4-6-20(7-5-19)29(36)37/h4-11,16H,2-3,12-15,17-18H2,1H3,(H,36,37). The number of halogens is 3. The molecule has 39 heavy (non-hydrogen) atoms. The lowest BCUT2D eigenvalue weighted by molar-refractivity contribution is -0.0293. The molecule has 1 saturated heterocycles. The van der Waals surface area contributed by atoms with Crippen molar-refractivity contribution in [1.82, 2.24) is 4.90 Å². The number of rotatable bonds is 7. The van der Waals surface area contributed by atoms with Crippen LogP contribution in [-0.2, 0) is 11.4 Å². The van der Waals surface area contributed by atoms with E-state index < -0.39 is 29.0 Å². The van der Waals surface area contributed by atoms with Gasteiger partial charge in [-0.25, -0.2) is 18.0 Å². The van der Waals surface area contributed by atoms with Crippen LogP contribution >= 0.6 is 0 Å². The minimum atomic E-state index is -1.49. The third kappa shape index (κ3) is 5.63. The summed E-state index contributed by atoms with van der Waals surface area (Å²) in [5.41, 5.74) is 2.65. The van der Waals surface area contributed by atoms with Crippen molar-refractivity contribution in [3.05, 3.63) is 88.7 Å². The summed E-state index contributed by atoms with van der Waals surface area (Å²) in [6.07, 6.45) is 2.99. The monoisotopic (exact) mass is 538 g/mol. The Hall–Kier alpha value is -3.85. The molecule has 0 radical (unpaired) electrons. The van der Waals surface area contributed by atoms with Crippen molar-refractivity contribution >= 4 is 11.7 Å². The first-order chi connectivity index (χ1) is 18.8. The molecule has 0 amide bonds. The lowest BCUT2D eigenvalue weighted by Gasteiger charge is -2.26. The number of carbonyl (C=O) groups is 1. The van der Waals surface area contributed by atoms with Crippen molar-refractivity contribution < 1.29 is 32.6 Å². The van der Waals surface area contributed by atoms with Gasteiger partial charge >= 0.3 is 5.97 Å². The molecule has 1 fully saturated rings. The smallest absolute Gasteiger partial charge is 0.335 e. The molecule has 3 aromatic rings. The van der Waals surface area contributed by atoms with Crippen molar-refractivity contribution in [2.24, 2.45) is 5.16 Å². The minimum absolute atomic E-state index is 0.00400. The van der Waals surface area contributed by atoms with Gasteiger partial charge < -0.3 is 14.7 Å². The van der Waals surface area contributed by atoms with Crippen LogP contribution < -0.4 is 4.74 Å². The quantitative estimate of drug-likeness (QED) is 0.352. The Kier molecular flexibility index (Phi) is 7.61. The second-order valence-corrected chi connectivity index (χ2v) is 9.98. The average Bonchev–Trinajstić information content (AvgIpc) is 3.25. The van der Waals surface area contributed by atoms with Gasteiger partial charge in [0.25, 0.3) is 0 Å². The minimum Gasteiger partial charge on any atom is -0.494 e. The number of benzene rings is 3. The third-order valence-corrected chi connectivity index (χ3v) is 7.40. The molecular weight excluding hydrogens is 509 g/mol. The van der Waals surface area contributed by atoms with E-state index >= 15 is 0 Å². The van der Waals surface area contributed by atoms with Crippen LogP contribution in [0, 0.1) is 17.5 Å². The molecule has 2 heterocycles. The highest BCUT2D eigenvalue weighted by Gasteiger charge is 2.40.